The SMILES string of the molecule is C[C@@H]1CN(S(=O)(=O)c2cc(C(=O)NCCC(c3ccccc3)c3ccccc3)ccc2Cl)C[C@H](C)O1. The topological polar surface area (TPSA) is 75.7 Å². The molecule has 1 aliphatic heterocycles. The van der Waals surface area contributed by atoms with Crippen LogP contribution in [0.15, 0.2) is 83.8 Å². The zero-order valence-electron chi connectivity index (χ0n) is 20.4. The summed E-state index contributed by atoms with van der Waals surface area (Å²) in [6.45, 7) is 4.57. The lowest BCUT2D eigenvalue weighted by Gasteiger charge is -2.34. The number of ether oxygens (including phenoxy) is 1. The second kappa shape index (κ2) is 11.6. The van der Waals surface area contributed by atoms with E-state index in [4.69, 9.17) is 16.3 Å². The van der Waals surface area contributed by atoms with Crippen molar-refractivity contribution in [3.05, 3.63) is 101 Å². The van der Waals surface area contributed by atoms with E-state index in [0.717, 1.165) is 0 Å². The lowest BCUT2D eigenvalue weighted by molar-refractivity contribution is -0.0440. The molecule has 1 saturated heterocycles. The first-order chi connectivity index (χ1) is 17.3. The lowest BCUT2D eigenvalue weighted by atomic mass is 9.88. The van der Waals surface area contributed by atoms with E-state index < -0.39 is 10.0 Å². The number of morpholine rings is 1. The maximum atomic E-state index is 13.3. The Morgan fingerprint density at radius 1 is 0.972 bits per heavy atom. The molecule has 4 rings (SSSR count). The van der Waals surface area contributed by atoms with Crippen molar-refractivity contribution >= 4 is 27.5 Å². The van der Waals surface area contributed by atoms with Crippen molar-refractivity contribution < 1.29 is 17.9 Å². The molecule has 1 N–H and O–H groups in total. The third-order valence-corrected chi connectivity index (χ3v) is 8.63. The monoisotopic (exact) mass is 526 g/mol. The summed E-state index contributed by atoms with van der Waals surface area (Å²) in [5, 5.41) is 3.04. The Hall–Kier alpha value is -2.71. The number of nitrogens with one attached hydrogen (secondary N) is 1. The van der Waals surface area contributed by atoms with Crippen molar-refractivity contribution in [2.24, 2.45) is 0 Å². The highest BCUT2D eigenvalue weighted by Gasteiger charge is 2.34. The van der Waals surface area contributed by atoms with Gasteiger partial charge < -0.3 is 10.1 Å². The van der Waals surface area contributed by atoms with E-state index in [1.807, 2.05) is 50.2 Å². The maximum Gasteiger partial charge on any atom is 0.251 e. The first-order valence-electron chi connectivity index (χ1n) is 12.1. The molecule has 1 amide bonds. The van der Waals surface area contributed by atoms with Crippen LogP contribution < -0.4 is 5.32 Å². The van der Waals surface area contributed by atoms with Crippen molar-refractivity contribution in [2.75, 3.05) is 19.6 Å². The molecule has 36 heavy (non-hydrogen) atoms. The van der Waals surface area contributed by atoms with E-state index in [2.05, 4.69) is 29.6 Å². The molecule has 3 aromatic rings. The third-order valence-electron chi connectivity index (χ3n) is 6.32. The van der Waals surface area contributed by atoms with Crippen LogP contribution in [0.4, 0.5) is 0 Å². The Balaban J connectivity index is 1.48. The number of carbonyl (C=O) groups excluding carboxylic acids is 1. The van der Waals surface area contributed by atoms with Gasteiger partial charge in [-0.2, -0.15) is 4.31 Å². The molecule has 0 aliphatic carbocycles. The standard InChI is InChI=1S/C28H31ClN2O4S/c1-20-18-31(19-21(2)35-20)36(33,34)27-17-24(13-14-26(27)29)28(32)30-16-15-25(22-9-5-3-6-10-22)23-11-7-4-8-12-23/h3-14,17,20-21,25H,15-16,18-19H2,1-2H3,(H,30,32)/t20-,21+. The largest absolute Gasteiger partial charge is 0.373 e. The Morgan fingerprint density at radius 3 is 2.08 bits per heavy atom. The number of sulfonamides is 1. The fraction of sp³-hybridized carbons (Fsp3) is 0.321. The second-order valence-corrected chi connectivity index (χ2v) is 11.5. The van der Waals surface area contributed by atoms with Gasteiger partial charge in [-0.05, 0) is 49.6 Å². The van der Waals surface area contributed by atoms with Crippen LogP contribution in [0.3, 0.4) is 0 Å². The summed E-state index contributed by atoms with van der Waals surface area (Å²) in [4.78, 5) is 12.9. The van der Waals surface area contributed by atoms with Crippen LogP contribution in [0, 0.1) is 0 Å². The summed E-state index contributed by atoms with van der Waals surface area (Å²) in [5.41, 5.74) is 2.60. The van der Waals surface area contributed by atoms with Gasteiger partial charge in [-0.25, -0.2) is 8.42 Å². The Labute approximate surface area is 218 Å². The third kappa shape index (κ3) is 6.16. The highest BCUT2D eigenvalue weighted by atomic mass is 35.5. The van der Waals surface area contributed by atoms with E-state index in [9.17, 15) is 13.2 Å². The van der Waals surface area contributed by atoms with E-state index in [1.54, 1.807) is 6.07 Å². The zero-order valence-corrected chi connectivity index (χ0v) is 22.0. The van der Waals surface area contributed by atoms with Crippen LogP contribution in [0.5, 0.6) is 0 Å². The molecule has 0 spiro atoms. The molecule has 0 bridgehead atoms. The first kappa shape index (κ1) is 26.4. The molecule has 1 aliphatic rings. The number of amides is 1. The minimum absolute atomic E-state index is 0.0652. The second-order valence-electron chi connectivity index (χ2n) is 9.14. The fourth-order valence-corrected chi connectivity index (χ4v) is 6.73. The molecule has 0 aromatic heterocycles. The summed E-state index contributed by atoms with van der Waals surface area (Å²) in [5.74, 6) is -0.217. The van der Waals surface area contributed by atoms with Crippen molar-refractivity contribution in [3.63, 3.8) is 0 Å². The molecular weight excluding hydrogens is 496 g/mol. The van der Waals surface area contributed by atoms with Crippen LogP contribution in [-0.2, 0) is 14.8 Å². The van der Waals surface area contributed by atoms with Gasteiger partial charge in [-0.15, -0.1) is 0 Å². The van der Waals surface area contributed by atoms with Gasteiger partial charge in [-0.3, -0.25) is 4.79 Å². The molecule has 0 saturated carbocycles. The highest BCUT2D eigenvalue weighted by Crippen LogP contribution is 2.29. The number of rotatable bonds is 8. The maximum absolute atomic E-state index is 13.3. The van der Waals surface area contributed by atoms with Gasteiger partial charge in [0.15, 0.2) is 0 Å². The predicted octanol–water partition coefficient (Wildman–Crippen LogP) is 5.09. The Bertz CT molecular complexity index is 1240. The van der Waals surface area contributed by atoms with E-state index >= 15 is 0 Å². The smallest absolute Gasteiger partial charge is 0.251 e. The Morgan fingerprint density at radius 2 is 1.53 bits per heavy atom. The molecule has 2 atom stereocenters. The van der Waals surface area contributed by atoms with Crippen LogP contribution in [0.2, 0.25) is 5.02 Å². The zero-order chi connectivity index (χ0) is 25.7. The molecular formula is C28H31ClN2O4S. The number of carbonyl (C=O) groups is 1. The fourth-order valence-electron chi connectivity index (χ4n) is 4.64. The van der Waals surface area contributed by atoms with E-state index in [-0.39, 0.29) is 52.6 Å². The number of benzene rings is 3. The number of hydrogen-bond acceptors (Lipinski definition) is 4. The van der Waals surface area contributed by atoms with Crippen molar-refractivity contribution in [2.45, 2.75) is 43.3 Å². The quantitative estimate of drug-likeness (QED) is 0.443. The van der Waals surface area contributed by atoms with Crippen LogP contribution in [0.1, 0.15) is 47.7 Å². The average molecular weight is 527 g/mol. The number of hydrogen-bond donors (Lipinski definition) is 1. The van der Waals surface area contributed by atoms with Gasteiger partial charge in [0.1, 0.15) is 4.90 Å². The van der Waals surface area contributed by atoms with Crippen molar-refractivity contribution in [1.29, 1.82) is 0 Å². The van der Waals surface area contributed by atoms with Crippen LogP contribution in [-0.4, -0.2) is 50.5 Å². The van der Waals surface area contributed by atoms with E-state index in [1.165, 1.54) is 27.6 Å². The molecule has 190 valence electrons. The molecule has 0 unspecified atom stereocenters. The van der Waals surface area contributed by atoms with Crippen LogP contribution in [0.25, 0.3) is 0 Å². The van der Waals surface area contributed by atoms with Gasteiger partial charge in [0.2, 0.25) is 10.0 Å². The predicted molar refractivity (Wildman–Crippen MR) is 142 cm³/mol. The summed E-state index contributed by atoms with van der Waals surface area (Å²) < 4.78 is 33.7. The van der Waals surface area contributed by atoms with Gasteiger partial charge in [0.25, 0.3) is 5.91 Å². The van der Waals surface area contributed by atoms with Gasteiger partial charge in [-0.1, -0.05) is 72.3 Å². The molecule has 8 heteroatoms. The summed E-state index contributed by atoms with van der Waals surface area (Å²) >= 11 is 6.29. The molecule has 6 nitrogen and oxygen atoms in total. The average Bonchev–Trinajstić information content (AvgIpc) is 2.87. The van der Waals surface area contributed by atoms with Gasteiger partial charge >= 0.3 is 0 Å². The highest BCUT2D eigenvalue weighted by molar-refractivity contribution is 7.89. The van der Waals surface area contributed by atoms with Gasteiger partial charge in [0.05, 0.1) is 17.2 Å². The Kier molecular flexibility index (Phi) is 8.46. The number of halogens is 1. The number of nitrogens with zero attached hydrogens (tertiary/aromatic N) is 1. The summed E-state index contributed by atoms with van der Waals surface area (Å²) in [7, 11) is -3.88. The van der Waals surface area contributed by atoms with Crippen molar-refractivity contribution in [1.82, 2.24) is 9.62 Å². The minimum Gasteiger partial charge on any atom is -0.373 e. The van der Waals surface area contributed by atoms with Gasteiger partial charge in [0, 0.05) is 31.1 Å². The van der Waals surface area contributed by atoms with Crippen molar-refractivity contribution in [3.8, 4) is 0 Å². The molecule has 1 fully saturated rings. The molecule has 3 aromatic carbocycles. The molecule has 1 heterocycles. The van der Waals surface area contributed by atoms with E-state index in [0.29, 0.717) is 13.0 Å². The normalized spacial score (nSPS) is 18.8. The summed E-state index contributed by atoms with van der Waals surface area (Å²) in [6.07, 6.45) is 0.245. The minimum atomic E-state index is -3.88. The summed E-state index contributed by atoms with van der Waals surface area (Å²) in [6, 6.07) is 24.7. The van der Waals surface area contributed by atoms with Crippen LogP contribution >= 0.6 is 11.6 Å². The molecule has 0 radical (unpaired) electrons. The first-order valence-corrected chi connectivity index (χ1v) is 13.9. The lowest BCUT2D eigenvalue weighted by Crippen LogP contribution is -2.48.